The third kappa shape index (κ3) is 5.57. The number of rotatable bonds is 8. The van der Waals surface area contributed by atoms with E-state index < -0.39 is 10.0 Å². The first kappa shape index (κ1) is 21.0. The zero-order valence-corrected chi connectivity index (χ0v) is 17.2. The number of benzene rings is 2. The van der Waals surface area contributed by atoms with Crippen LogP contribution in [0.1, 0.15) is 55.5 Å². The molecular weight excluding hydrogens is 360 g/mol. The predicted molar refractivity (Wildman–Crippen MR) is 110 cm³/mol. The number of hydrogen-bond donors (Lipinski definition) is 1. The van der Waals surface area contributed by atoms with E-state index in [1.807, 2.05) is 12.1 Å². The molecule has 0 aromatic heterocycles. The summed E-state index contributed by atoms with van der Waals surface area (Å²) in [5, 5.41) is 0. The van der Waals surface area contributed by atoms with Crippen LogP contribution in [0.15, 0.2) is 53.4 Å². The number of unbranched alkanes of at least 4 members (excludes halogenated alkanes) is 1. The zero-order chi connectivity index (χ0) is 20.0. The quantitative estimate of drug-likeness (QED) is 0.725. The molecular formula is C21H28N2O3S. The molecule has 5 nitrogen and oxygen atoms in total. The average molecular weight is 389 g/mol. The number of hydrogen-bond acceptors (Lipinski definition) is 3. The minimum atomic E-state index is -3.77. The Kier molecular flexibility index (Phi) is 7.02. The lowest BCUT2D eigenvalue weighted by atomic mass is 10.0. The van der Waals surface area contributed by atoms with Gasteiger partial charge in [-0.05, 0) is 48.2 Å². The maximum atomic E-state index is 12.7. The lowest BCUT2D eigenvalue weighted by Gasteiger charge is -2.17. The Morgan fingerprint density at radius 1 is 1.11 bits per heavy atom. The Morgan fingerprint density at radius 3 is 2.37 bits per heavy atom. The van der Waals surface area contributed by atoms with Gasteiger partial charge in [-0.3, -0.25) is 9.52 Å². The fourth-order valence-corrected chi connectivity index (χ4v) is 3.77. The van der Waals surface area contributed by atoms with Crippen molar-refractivity contribution in [3.8, 4) is 0 Å². The van der Waals surface area contributed by atoms with E-state index in [-0.39, 0.29) is 10.8 Å². The van der Waals surface area contributed by atoms with Crippen LogP contribution in [0, 0.1) is 0 Å². The van der Waals surface area contributed by atoms with Crippen molar-refractivity contribution in [1.82, 2.24) is 4.90 Å². The van der Waals surface area contributed by atoms with Crippen molar-refractivity contribution in [1.29, 1.82) is 0 Å². The van der Waals surface area contributed by atoms with E-state index in [0.29, 0.717) is 23.7 Å². The molecule has 0 heterocycles. The Hall–Kier alpha value is -2.34. The van der Waals surface area contributed by atoms with Gasteiger partial charge >= 0.3 is 0 Å². The number of carbonyl (C=O) groups is 1. The summed E-state index contributed by atoms with van der Waals surface area (Å²) < 4.78 is 28.0. The summed E-state index contributed by atoms with van der Waals surface area (Å²) >= 11 is 0. The zero-order valence-electron chi connectivity index (χ0n) is 16.4. The molecule has 0 aliphatic carbocycles. The van der Waals surface area contributed by atoms with E-state index in [4.69, 9.17) is 0 Å². The molecule has 0 aliphatic heterocycles. The lowest BCUT2D eigenvalue weighted by Crippen LogP contribution is -2.27. The van der Waals surface area contributed by atoms with Crippen LogP contribution >= 0.6 is 0 Å². The molecule has 1 N–H and O–H groups in total. The second-order valence-electron chi connectivity index (χ2n) is 6.99. The van der Waals surface area contributed by atoms with Crippen LogP contribution in [0.4, 0.5) is 5.69 Å². The first-order valence-corrected chi connectivity index (χ1v) is 10.7. The summed E-state index contributed by atoms with van der Waals surface area (Å²) in [5.41, 5.74) is 2.00. The highest BCUT2D eigenvalue weighted by molar-refractivity contribution is 7.92. The Balaban J connectivity index is 2.20. The first-order chi connectivity index (χ1) is 12.7. The highest BCUT2D eigenvalue weighted by Crippen LogP contribution is 2.21. The van der Waals surface area contributed by atoms with Gasteiger partial charge in [-0.25, -0.2) is 8.42 Å². The van der Waals surface area contributed by atoms with Gasteiger partial charge in [0, 0.05) is 24.8 Å². The molecule has 27 heavy (non-hydrogen) atoms. The van der Waals surface area contributed by atoms with Crippen molar-refractivity contribution in [3.05, 3.63) is 59.7 Å². The van der Waals surface area contributed by atoms with E-state index in [1.54, 1.807) is 36.2 Å². The van der Waals surface area contributed by atoms with Gasteiger partial charge in [-0.15, -0.1) is 0 Å². The van der Waals surface area contributed by atoms with E-state index in [2.05, 4.69) is 25.5 Å². The number of nitrogens with zero attached hydrogens (tertiary/aromatic N) is 1. The molecule has 0 atom stereocenters. The molecule has 0 aliphatic rings. The molecule has 0 bridgehead atoms. The summed E-state index contributed by atoms with van der Waals surface area (Å²) in [6.07, 6.45) is 1.90. The van der Waals surface area contributed by atoms with E-state index in [0.717, 1.165) is 18.4 Å². The van der Waals surface area contributed by atoms with Gasteiger partial charge in [0.15, 0.2) is 0 Å². The number of carbonyl (C=O) groups excluding carboxylic acids is 1. The van der Waals surface area contributed by atoms with Gasteiger partial charge in [0.1, 0.15) is 0 Å². The third-order valence-corrected chi connectivity index (χ3v) is 5.79. The van der Waals surface area contributed by atoms with Gasteiger partial charge in [-0.2, -0.15) is 0 Å². The number of anilines is 1. The van der Waals surface area contributed by atoms with Crippen molar-refractivity contribution < 1.29 is 13.2 Å². The Bertz CT molecular complexity index is 875. The minimum absolute atomic E-state index is 0.0742. The average Bonchev–Trinajstić information content (AvgIpc) is 2.65. The molecule has 2 aromatic rings. The fourth-order valence-electron chi connectivity index (χ4n) is 2.66. The number of nitrogens with one attached hydrogen (secondary N) is 1. The smallest absolute Gasteiger partial charge is 0.261 e. The Labute approximate surface area is 162 Å². The van der Waals surface area contributed by atoms with E-state index >= 15 is 0 Å². The maximum absolute atomic E-state index is 12.7. The summed E-state index contributed by atoms with van der Waals surface area (Å²) in [4.78, 5) is 14.2. The summed E-state index contributed by atoms with van der Waals surface area (Å²) in [6, 6.07) is 13.5. The van der Waals surface area contributed by atoms with Crippen molar-refractivity contribution in [2.75, 3.05) is 18.3 Å². The van der Waals surface area contributed by atoms with Crippen LogP contribution in [0.25, 0.3) is 0 Å². The second kappa shape index (κ2) is 9.04. The topological polar surface area (TPSA) is 66.5 Å². The Morgan fingerprint density at radius 2 is 1.78 bits per heavy atom. The van der Waals surface area contributed by atoms with Crippen LogP contribution in [-0.4, -0.2) is 32.8 Å². The normalized spacial score (nSPS) is 11.4. The number of amides is 1. The van der Waals surface area contributed by atoms with Gasteiger partial charge in [-0.1, -0.05) is 45.4 Å². The lowest BCUT2D eigenvalue weighted by molar-refractivity contribution is 0.0793. The third-order valence-electron chi connectivity index (χ3n) is 4.41. The van der Waals surface area contributed by atoms with Crippen LogP contribution in [0.3, 0.4) is 0 Å². The fraction of sp³-hybridized carbons (Fsp3) is 0.381. The molecule has 2 rings (SSSR count). The molecule has 2 aromatic carbocycles. The molecule has 0 radical (unpaired) electrons. The minimum Gasteiger partial charge on any atom is -0.342 e. The molecule has 0 unspecified atom stereocenters. The molecule has 0 saturated carbocycles. The second-order valence-corrected chi connectivity index (χ2v) is 8.67. The van der Waals surface area contributed by atoms with Gasteiger partial charge in [0.25, 0.3) is 15.9 Å². The van der Waals surface area contributed by atoms with Crippen molar-refractivity contribution in [2.24, 2.45) is 0 Å². The monoisotopic (exact) mass is 388 g/mol. The van der Waals surface area contributed by atoms with Gasteiger partial charge < -0.3 is 4.90 Å². The van der Waals surface area contributed by atoms with Gasteiger partial charge in [0.05, 0.1) is 4.90 Å². The number of sulfonamides is 1. The molecule has 0 fully saturated rings. The van der Waals surface area contributed by atoms with Crippen molar-refractivity contribution in [3.63, 3.8) is 0 Å². The molecule has 0 saturated heterocycles. The van der Waals surface area contributed by atoms with Crippen molar-refractivity contribution in [2.45, 2.75) is 44.4 Å². The maximum Gasteiger partial charge on any atom is 0.261 e. The van der Waals surface area contributed by atoms with Crippen LogP contribution < -0.4 is 4.72 Å². The van der Waals surface area contributed by atoms with Gasteiger partial charge in [0.2, 0.25) is 0 Å². The van der Waals surface area contributed by atoms with E-state index in [9.17, 15) is 13.2 Å². The molecule has 6 heteroatoms. The summed E-state index contributed by atoms with van der Waals surface area (Å²) in [6.45, 7) is 6.87. The summed E-state index contributed by atoms with van der Waals surface area (Å²) in [5.74, 6) is 0.199. The highest BCUT2D eigenvalue weighted by atomic mass is 32.2. The van der Waals surface area contributed by atoms with Crippen LogP contribution in [0.5, 0.6) is 0 Å². The first-order valence-electron chi connectivity index (χ1n) is 9.23. The molecule has 1 amide bonds. The standard InChI is InChI=1S/C21H28N2O3S/c1-5-6-14-23(4)21(24)18-8-7-9-20(15-18)27(25,26)22-19-12-10-17(11-13-19)16(2)3/h7-13,15-16,22H,5-6,14H2,1-4H3. The van der Waals surface area contributed by atoms with Crippen molar-refractivity contribution >= 4 is 21.6 Å². The van der Waals surface area contributed by atoms with Crippen LogP contribution in [0.2, 0.25) is 0 Å². The summed E-state index contributed by atoms with van der Waals surface area (Å²) in [7, 11) is -2.04. The largest absolute Gasteiger partial charge is 0.342 e. The predicted octanol–water partition coefficient (Wildman–Crippen LogP) is 4.48. The SMILES string of the molecule is CCCCN(C)C(=O)c1cccc(S(=O)(=O)Nc2ccc(C(C)C)cc2)c1. The molecule has 146 valence electrons. The van der Waals surface area contributed by atoms with E-state index in [1.165, 1.54) is 12.1 Å². The highest BCUT2D eigenvalue weighted by Gasteiger charge is 2.18. The molecule has 0 spiro atoms. The van der Waals surface area contributed by atoms with Crippen LogP contribution in [-0.2, 0) is 10.0 Å².